The third-order valence-corrected chi connectivity index (χ3v) is 2.92. The number of rotatable bonds is 9. The lowest BCUT2D eigenvalue weighted by atomic mass is 9.97. The second kappa shape index (κ2) is 8.17. The highest BCUT2D eigenvalue weighted by Gasteiger charge is 2.10. The molecule has 2 N–H and O–H groups in total. The monoisotopic (exact) mass is 269 g/mol. The molecule has 1 atom stereocenters. The molecule has 106 valence electrons. The molecule has 0 bridgehead atoms. The molecular weight excluding hydrogens is 250 g/mol. The summed E-state index contributed by atoms with van der Waals surface area (Å²) in [7, 11) is 0. The third kappa shape index (κ3) is 6.49. The summed E-state index contributed by atoms with van der Waals surface area (Å²) in [5.74, 6) is -0.606. The first kappa shape index (κ1) is 15.1. The molecule has 0 aliphatic carbocycles. The van der Waals surface area contributed by atoms with Crippen molar-refractivity contribution in [1.82, 2.24) is 25.5 Å². The van der Waals surface area contributed by atoms with Crippen molar-refractivity contribution in [2.24, 2.45) is 5.92 Å². The predicted molar refractivity (Wildman–Crippen MR) is 66.1 cm³/mol. The van der Waals surface area contributed by atoms with Gasteiger partial charge in [0.2, 0.25) is 5.91 Å². The van der Waals surface area contributed by atoms with Crippen molar-refractivity contribution in [3.8, 4) is 0 Å². The highest BCUT2D eigenvalue weighted by Crippen LogP contribution is 2.14. The second-order valence-electron chi connectivity index (χ2n) is 4.35. The number of carboxylic acids is 1. The van der Waals surface area contributed by atoms with Gasteiger partial charge in [-0.05, 0) is 29.2 Å². The SMILES string of the molecule is CCC(CCNC(=O)Cn1cnnn1)CCC(=O)O. The number of hydrogen-bond donors (Lipinski definition) is 2. The van der Waals surface area contributed by atoms with Gasteiger partial charge in [-0.1, -0.05) is 13.3 Å². The normalized spacial score (nSPS) is 12.1. The van der Waals surface area contributed by atoms with Crippen LogP contribution in [0, 0.1) is 5.92 Å². The van der Waals surface area contributed by atoms with E-state index in [0.717, 1.165) is 12.8 Å². The molecule has 1 aromatic rings. The summed E-state index contributed by atoms with van der Waals surface area (Å²) in [5, 5.41) is 21.9. The van der Waals surface area contributed by atoms with Crippen molar-refractivity contribution < 1.29 is 14.7 Å². The van der Waals surface area contributed by atoms with Crippen LogP contribution in [-0.2, 0) is 16.1 Å². The molecule has 8 heteroatoms. The Morgan fingerprint density at radius 2 is 2.21 bits per heavy atom. The van der Waals surface area contributed by atoms with Crippen molar-refractivity contribution in [2.75, 3.05) is 6.54 Å². The van der Waals surface area contributed by atoms with Crippen LogP contribution in [0.5, 0.6) is 0 Å². The summed E-state index contributed by atoms with van der Waals surface area (Å²) in [6, 6.07) is 0. The van der Waals surface area contributed by atoms with Crippen molar-refractivity contribution in [1.29, 1.82) is 0 Å². The van der Waals surface area contributed by atoms with E-state index in [9.17, 15) is 9.59 Å². The van der Waals surface area contributed by atoms with Crippen molar-refractivity contribution >= 4 is 11.9 Å². The van der Waals surface area contributed by atoms with Gasteiger partial charge in [-0.15, -0.1) is 5.10 Å². The zero-order valence-corrected chi connectivity index (χ0v) is 10.9. The van der Waals surface area contributed by atoms with E-state index in [-0.39, 0.29) is 18.9 Å². The van der Waals surface area contributed by atoms with Gasteiger partial charge in [-0.2, -0.15) is 0 Å². The summed E-state index contributed by atoms with van der Waals surface area (Å²) < 4.78 is 1.34. The second-order valence-corrected chi connectivity index (χ2v) is 4.35. The van der Waals surface area contributed by atoms with Crippen LogP contribution in [0.15, 0.2) is 6.33 Å². The molecule has 0 aliphatic heterocycles. The van der Waals surface area contributed by atoms with Gasteiger partial charge in [0.1, 0.15) is 12.9 Å². The number of aliphatic carboxylic acids is 1. The number of nitrogens with one attached hydrogen (secondary N) is 1. The number of carbonyl (C=O) groups excluding carboxylic acids is 1. The van der Waals surface area contributed by atoms with Crippen molar-refractivity contribution in [3.05, 3.63) is 6.33 Å². The predicted octanol–water partition coefficient (Wildman–Crippen LogP) is 0.0704. The van der Waals surface area contributed by atoms with E-state index in [0.29, 0.717) is 18.9 Å². The van der Waals surface area contributed by atoms with Crippen molar-refractivity contribution in [3.63, 3.8) is 0 Å². The van der Waals surface area contributed by atoms with Crippen LogP contribution in [0.2, 0.25) is 0 Å². The Morgan fingerprint density at radius 3 is 2.79 bits per heavy atom. The topological polar surface area (TPSA) is 110 Å². The maximum absolute atomic E-state index is 11.5. The van der Waals surface area contributed by atoms with E-state index in [4.69, 9.17) is 5.11 Å². The molecule has 0 saturated heterocycles. The van der Waals surface area contributed by atoms with Crippen LogP contribution in [-0.4, -0.2) is 43.7 Å². The van der Waals surface area contributed by atoms with Gasteiger partial charge in [-0.25, -0.2) is 4.68 Å². The summed E-state index contributed by atoms with van der Waals surface area (Å²) >= 11 is 0. The first-order chi connectivity index (χ1) is 9.11. The third-order valence-electron chi connectivity index (χ3n) is 2.92. The van der Waals surface area contributed by atoms with Crippen LogP contribution < -0.4 is 5.32 Å². The fraction of sp³-hybridized carbons (Fsp3) is 0.727. The summed E-state index contributed by atoms with van der Waals surface area (Å²) in [6.45, 7) is 2.66. The number of nitrogens with zero attached hydrogens (tertiary/aromatic N) is 4. The molecule has 1 unspecified atom stereocenters. The lowest BCUT2D eigenvalue weighted by Crippen LogP contribution is -2.29. The van der Waals surface area contributed by atoms with Crippen molar-refractivity contribution in [2.45, 2.75) is 39.2 Å². The fourth-order valence-electron chi connectivity index (χ4n) is 1.75. The summed E-state index contributed by atoms with van der Waals surface area (Å²) in [5.41, 5.74) is 0. The molecular formula is C11H19N5O3. The van der Waals surface area contributed by atoms with E-state index < -0.39 is 5.97 Å². The Bertz CT molecular complexity index is 393. The van der Waals surface area contributed by atoms with E-state index in [1.54, 1.807) is 0 Å². The molecule has 1 amide bonds. The Kier molecular flexibility index (Phi) is 6.48. The molecule has 0 spiro atoms. The summed E-state index contributed by atoms with van der Waals surface area (Å²) in [6.07, 6.45) is 3.90. The number of amides is 1. The zero-order chi connectivity index (χ0) is 14.1. The number of tetrazole rings is 1. The smallest absolute Gasteiger partial charge is 0.303 e. The van der Waals surface area contributed by atoms with Crippen LogP contribution in [0.1, 0.15) is 32.6 Å². The van der Waals surface area contributed by atoms with E-state index >= 15 is 0 Å². The maximum atomic E-state index is 11.5. The first-order valence-electron chi connectivity index (χ1n) is 6.31. The number of aromatic nitrogens is 4. The highest BCUT2D eigenvalue weighted by atomic mass is 16.4. The maximum Gasteiger partial charge on any atom is 0.303 e. The summed E-state index contributed by atoms with van der Waals surface area (Å²) in [4.78, 5) is 22.0. The van der Waals surface area contributed by atoms with Crippen LogP contribution in [0.4, 0.5) is 0 Å². The molecule has 1 heterocycles. The minimum absolute atomic E-state index is 0.0961. The van der Waals surface area contributed by atoms with E-state index in [1.165, 1.54) is 11.0 Å². The molecule has 0 aromatic carbocycles. The van der Waals surface area contributed by atoms with Gasteiger partial charge in [0.05, 0.1) is 0 Å². The number of carboxylic acid groups (broad SMARTS) is 1. The Hall–Kier alpha value is -1.99. The molecule has 0 saturated carbocycles. The standard InChI is InChI=1S/C11H19N5O3/c1-2-9(3-4-11(18)19)5-6-12-10(17)7-16-8-13-14-15-16/h8-9H,2-7H2,1H3,(H,12,17)(H,18,19). The average molecular weight is 269 g/mol. The van der Waals surface area contributed by atoms with Gasteiger partial charge in [-0.3, -0.25) is 9.59 Å². The lowest BCUT2D eigenvalue weighted by molar-refractivity contribution is -0.137. The molecule has 0 fully saturated rings. The molecule has 1 aromatic heterocycles. The van der Waals surface area contributed by atoms with Gasteiger partial charge >= 0.3 is 5.97 Å². The molecule has 1 rings (SSSR count). The average Bonchev–Trinajstić information content (AvgIpc) is 2.86. The zero-order valence-electron chi connectivity index (χ0n) is 10.9. The van der Waals surface area contributed by atoms with Gasteiger partial charge < -0.3 is 10.4 Å². The minimum atomic E-state index is -0.777. The molecule has 8 nitrogen and oxygen atoms in total. The molecule has 0 aliphatic rings. The Balaban J connectivity index is 2.17. The first-order valence-corrected chi connectivity index (χ1v) is 6.31. The lowest BCUT2D eigenvalue weighted by Gasteiger charge is -2.13. The van der Waals surface area contributed by atoms with Gasteiger partial charge in [0.25, 0.3) is 0 Å². The van der Waals surface area contributed by atoms with Crippen LogP contribution in [0.3, 0.4) is 0 Å². The minimum Gasteiger partial charge on any atom is -0.481 e. The number of carbonyl (C=O) groups is 2. The Morgan fingerprint density at radius 1 is 1.42 bits per heavy atom. The largest absolute Gasteiger partial charge is 0.481 e. The van der Waals surface area contributed by atoms with Crippen LogP contribution >= 0.6 is 0 Å². The van der Waals surface area contributed by atoms with Crippen LogP contribution in [0.25, 0.3) is 0 Å². The molecule has 19 heavy (non-hydrogen) atoms. The quantitative estimate of drug-likeness (QED) is 0.656. The van der Waals surface area contributed by atoms with E-state index in [2.05, 4.69) is 20.8 Å². The van der Waals surface area contributed by atoms with Gasteiger partial charge in [0.15, 0.2) is 0 Å². The number of hydrogen-bond acceptors (Lipinski definition) is 5. The fourth-order valence-corrected chi connectivity index (χ4v) is 1.75. The highest BCUT2D eigenvalue weighted by molar-refractivity contribution is 5.75. The van der Waals surface area contributed by atoms with E-state index in [1.807, 2.05) is 6.92 Å². The van der Waals surface area contributed by atoms with Gasteiger partial charge in [0, 0.05) is 13.0 Å². The Labute approximate surface area is 111 Å². The molecule has 0 radical (unpaired) electrons.